The van der Waals surface area contributed by atoms with Gasteiger partial charge in [-0.3, -0.25) is 4.79 Å². The molecule has 0 aliphatic heterocycles. The summed E-state index contributed by atoms with van der Waals surface area (Å²) in [6, 6.07) is 28.4. The van der Waals surface area contributed by atoms with Gasteiger partial charge in [-0.15, -0.1) is 0 Å². The van der Waals surface area contributed by atoms with Gasteiger partial charge in [-0.05, 0) is 42.2 Å². The van der Waals surface area contributed by atoms with E-state index in [1.807, 2.05) is 67.6 Å². The van der Waals surface area contributed by atoms with E-state index in [2.05, 4.69) is 50.7 Å². The van der Waals surface area contributed by atoms with Gasteiger partial charge in [-0.25, -0.2) is 5.43 Å². The van der Waals surface area contributed by atoms with Crippen LogP contribution in [0.3, 0.4) is 0 Å². The van der Waals surface area contributed by atoms with Gasteiger partial charge in [0.2, 0.25) is 5.91 Å². The number of halogens is 1. The number of hydrogen-bond acceptors (Lipinski definition) is 2. The molecule has 140 valence electrons. The van der Waals surface area contributed by atoms with E-state index >= 15 is 0 Å². The first-order valence-electron chi connectivity index (χ1n) is 9.32. The van der Waals surface area contributed by atoms with Gasteiger partial charge in [0, 0.05) is 9.89 Å². The quantitative estimate of drug-likeness (QED) is 0.431. The number of carbonyl (C=O) groups is 1. The molecule has 1 saturated carbocycles. The van der Waals surface area contributed by atoms with Crippen molar-refractivity contribution in [2.75, 3.05) is 0 Å². The Hall–Kier alpha value is -2.72. The number of hydrogen-bond donors (Lipinski definition) is 1. The van der Waals surface area contributed by atoms with Crippen molar-refractivity contribution in [3.63, 3.8) is 0 Å². The third-order valence-electron chi connectivity index (χ3n) is 5.45. The number of hydrazone groups is 1. The lowest BCUT2D eigenvalue weighted by molar-refractivity contribution is -0.122. The van der Waals surface area contributed by atoms with Crippen LogP contribution in [0.15, 0.2) is 94.5 Å². The van der Waals surface area contributed by atoms with Gasteiger partial charge in [-0.2, -0.15) is 5.10 Å². The maximum absolute atomic E-state index is 12.9. The Morgan fingerprint density at radius 1 is 0.929 bits per heavy atom. The summed E-state index contributed by atoms with van der Waals surface area (Å²) < 4.78 is 1.02. The molecule has 4 heteroatoms. The molecule has 1 fully saturated rings. The van der Waals surface area contributed by atoms with Crippen LogP contribution in [0.4, 0.5) is 0 Å². The molecule has 1 amide bonds. The van der Waals surface area contributed by atoms with E-state index in [1.54, 1.807) is 0 Å². The molecule has 3 aromatic carbocycles. The molecular weight excluding hydrogens is 412 g/mol. The maximum Gasteiger partial charge on any atom is 0.244 e. The standard InChI is InChI=1S/C24H21BrN2O/c1-17(18-12-14-21(25)15-13-18)26-27-23(28)22-16-24(22,19-8-4-2-5-9-19)20-10-6-3-7-11-20/h2-15,22H,16H2,1H3,(H,27,28)/b26-17-/t22-/m1/s1. The van der Waals surface area contributed by atoms with Crippen molar-refractivity contribution in [2.24, 2.45) is 11.0 Å². The molecule has 28 heavy (non-hydrogen) atoms. The highest BCUT2D eigenvalue weighted by Crippen LogP contribution is 2.58. The summed E-state index contributed by atoms with van der Waals surface area (Å²) >= 11 is 3.43. The predicted molar refractivity (Wildman–Crippen MR) is 116 cm³/mol. The molecule has 3 nitrogen and oxygen atoms in total. The van der Waals surface area contributed by atoms with Crippen LogP contribution in [0.1, 0.15) is 30.0 Å². The third kappa shape index (κ3) is 3.52. The minimum Gasteiger partial charge on any atom is -0.273 e. The summed E-state index contributed by atoms with van der Waals surface area (Å²) in [6.45, 7) is 1.90. The van der Waals surface area contributed by atoms with Crippen LogP contribution in [-0.2, 0) is 10.2 Å². The van der Waals surface area contributed by atoms with Crippen LogP contribution < -0.4 is 5.43 Å². The van der Waals surface area contributed by atoms with E-state index in [1.165, 1.54) is 11.1 Å². The lowest BCUT2D eigenvalue weighted by Crippen LogP contribution is -2.26. The minimum atomic E-state index is -0.270. The average Bonchev–Trinajstić information content (AvgIpc) is 3.51. The van der Waals surface area contributed by atoms with Crippen molar-refractivity contribution in [1.29, 1.82) is 0 Å². The first kappa shape index (κ1) is 18.6. The Kier molecular flexibility index (Phi) is 5.14. The Bertz CT molecular complexity index is 958. The zero-order valence-electron chi connectivity index (χ0n) is 15.6. The fourth-order valence-electron chi connectivity index (χ4n) is 3.83. The molecule has 0 unspecified atom stereocenters. The van der Waals surface area contributed by atoms with Crippen LogP contribution in [0.2, 0.25) is 0 Å². The molecular formula is C24H21BrN2O. The Balaban J connectivity index is 1.56. The van der Waals surface area contributed by atoms with Crippen LogP contribution in [-0.4, -0.2) is 11.6 Å². The Morgan fingerprint density at radius 3 is 2.00 bits per heavy atom. The SMILES string of the molecule is C/C(=N/NC(=O)[C@H]1CC1(c1ccccc1)c1ccccc1)c1ccc(Br)cc1. The number of nitrogens with one attached hydrogen (secondary N) is 1. The smallest absolute Gasteiger partial charge is 0.244 e. The second-order valence-corrected chi connectivity index (χ2v) is 8.06. The van der Waals surface area contributed by atoms with Gasteiger partial charge < -0.3 is 0 Å². The molecule has 0 saturated heterocycles. The van der Waals surface area contributed by atoms with E-state index in [0.717, 1.165) is 22.2 Å². The summed E-state index contributed by atoms with van der Waals surface area (Å²) in [5.41, 5.74) is 6.64. The van der Waals surface area contributed by atoms with E-state index in [-0.39, 0.29) is 17.2 Å². The zero-order chi connectivity index (χ0) is 19.6. The molecule has 1 aliphatic carbocycles. The van der Waals surface area contributed by atoms with Crippen molar-refractivity contribution < 1.29 is 4.79 Å². The van der Waals surface area contributed by atoms with Crippen LogP contribution >= 0.6 is 15.9 Å². The fourth-order valence-corrected chi connectivity index (χ4v) is 4.09. The number of nitrogens with zero attached hydrogens (tertiary/aromatic N) is 1. The third-order valence-corrected chi connectivity index (χ3v) is 5.98. The molecule has 4 rings (SSSR count). The zero-order valence-corrected chi connectivity index (χ0v) is 17.2. The van der Waals surface area contributed by atoms with E-state index in [9.17, 15) is 4.79 Å². The number of rotatable bonds is 5. The summed E-state index contributed by atoms with van der Waals surface area (Å²) in [6.07, 6.45) is 0.791. The minimum absolute atomic E-state index is 0.0378. The number of carbonyl (C=O) groups excluding carboxylic acids is 1. The van der Waals surface area contributed by atoms with Crippen LogP contribution in [0.25, 0.3) is 0 Å². The summed E-state index contributed by atoms with van der Waals surface area (Å²) in [5.74, 6) is -0.164. The summed E-state index contributed by atoms with van der Waals surface area (Å²) in [5, 5.41) is 4.34. The first-order chi connectivity index (χ1) is 13.6. The van der Waals surface area contributed by atoms with Gasteiger partial charge in [0.25, 0.3) is 0 Å². The summed E-state index contributed by atoms with van der Waals surface area (Å²) in [7, 11) is 0. The van der Waals surface area contributed by atoms with Gasteiger partial charge >= 0.3 is 0 Å². The van der Waals surface area contributed by atoms with E-state index in [0.29, 0.717) is 0 Å². The second-order valence-electron chi connectivity index (χ2n) is 7.14. The topological polar surface area (TPSA) is 41.5 Å². The predicted octanol–water partition coefficient (Wildman–Crippen LogP) is 5.30. The van der Waals surface area contributed by atoms with Crippen molar-refractivity contribution in [3.8, 4) is 0 Å². The van der Waals surface area contributed by atoms with E-state index in [4.69, 9.17) is 0 Å². The molecule has 0 aromatic heterocycles. The summed E-state index contributed by atoms with van der Waals surface area (Å²) in [4.78, 5) is 12.9. The van der Waals surface area contributed by atoms with Crippen LogP contribution in [0, 0.1) is 5.92 Å². The van der Waals surface area contributed by atoms with Crippen molar-refractivity contribution in [3.05, 3.63) is 106 Å². The molecule has 1 N–H and O–H groups in total. The lowest BCUT2D eigenvalue weighted by atomic mass is 9.85. The van der Waals surface area contributed by atoms with Crippen molar-refractivity contribution in [2.45, 2.75) is 18.8 Å². The highest BCUT2D eigenvalue weighted by atomic mass is 79.9. The lowest BCUT2D eigenvalue weighted by Gasteiger charge is -2.18. The molecule has 0 heterocycles. The first-order valence-corrected chi connectivity index (χ1v) is 10.1. The van der Waals surface area contributed by atoms with E-state index < -0.39 is 0 Å². The largest absolute Gasteiger partial charge is 0.273 e. The number of benzene rings is 3. The molecule has 0 spiro atoms. The monoisotopic (exact) mass is 432 g/mol. The Labute approximate surface area is 173 Å². The van der Waals surface area contributed by atoms with Crippen molar-refractivity contribution >= 4 is 27.5 Å². The van der Waals surface area contributed by atoms with Gasteiger partial charge in [0.15, 0.2) is 0 Å². The molecule has 0 bridgehead atoms. The van der Waals surface area contributed by atoms with Gasteiger partial charge in [-0.1, -0.05) is 88.7 Å². The molecule has 1 atom stereocenters. The second kappa shape index (κ2) is 7.72. The fraction of sp³-hybridized carbons (Fsp3) is 0.167. The average molecular weight is 433 g/mol. The van der Waals surface area contributed by atoms with Crippen LogP contribution in [0.5, 0.6) is 0 Å². The Morgan fingerprint density at radius 2 is 1.46 bits per heavy atom. The molecule has 0 radical (unpaired) electrons. The van der Waals surface area contributed by atoms with Gasteiger partial charge in [0.1, 0.15) is 0 Å². The normalized spacial score (nSPS) is 17.8. The molecule has 1 aliphatic rings. The number of amides is 1. The highest BCUT2D eigenvalue weighted by Gasteiger charge is 2.60. The van der Waals surface area contributed by atoms with Crippen molar-refractivity contribution in [1.82, 2.24) is 5.43 Å². The maximum atomic E-state index is 12.9. The van der Waals surface area contributed by atoms with Gasteiger partial charge in [0.05, 0.1) is 11.6 Å². The molecule has 3 aromatic rings. The highest BCUT2D eigenvalue weighted by molar-refractivity contribution is 9.10.